The molecule has 0 unspecified atom stereocenters. The minimum Gasteiger partial charge on any atom is -0.508 e. The first-order chi connectivity index (χ1) is 11.7. The van der Waals surface area contributed by atoms with Crippen molar-refractivity contribution in [1.29, 1.82) is 0 Å². The largest absolute Gasteiger partial charge is 0.508 e. The number of carbonyl (C=O) groups excluding carboxylic acids is 2. The number of aromatic nitrogens is 3. The molecule has 2 heterocycles. The van der Waals surface area contributed by atoms with E-state index >= 15 is 0 Å². The van der Waals surface area contributed by atoms with Crippen LogP contribution in [0.2, 0.25) is 0 Å². The van der Waals surface area contributed by atoms with Crippen molar-refractivity contribution in [1.82, 2.24) is 20.5 Å². The number of aldehydes is 1. The molecule has 0 radical (unpaired) electrons. The molecule has 0 aliphatic rings. The molecule has 24 heavy (non-hydrogen) atoms. The van der Waals surface area contributed by atoms with E-state index in [1.54, 1.807) is 12.4 Å². The zero-order valence-corrected chi connectivity index (χ0v) is 12.6. The molecule has 7 nitrogen and oxygen atoms in total. The average Bonchev–Trinajstić information content (AvgIpc) is 3.09. The topological polar surface area (TPSA) is 108 Å². The van der Waals surface area contributed by atoms with Crippen LogP contribution in [0.3, 0.4) is 0 Å². The Balaban J connectivity index is 1.69. The molecule has 0 saturated carbocycles. The maximum Gasteiger partial charge on any atom is 0.252 e. The van der Waals surface area contributed by atoms with Crippen molar-refractivity contribution >= 4 is 12.2 Å². The molecule has 3 N–H and O–H groups in total. The Labute approximate surface area is 137 Å². The highest BCUT2D eigenvalue weighted by molar-refractivity contribution is 6.01. The molecular weight excluding hydrogens is 308 g/mol. The summed E-state index contributed by atoms with van der Waals surface area (Å²) >= 11 is 0. The lowest BCUT2D eigenvalue weighted by atomic mass is 10.1. The summed E-state index contributed by atoms with van der Waals surface area (Å²) in [7, 11) is 0. The maximum absolute atomic E-state index is 12.2. The van der Waals surface area contributed by atoms with Gasteiger partial charge in [0, 0.05) is 23.5 Å². The van der Waals surface area contributed by atoms with Crippen LogP contribution in [0.1, 0.15) is 26.4 Å². The molecule has 1 amide bonds. The van der Waals surface area contributed by atoms with Gasteiger partial charge in [-0.1, -0.05) is 0 Å². The van der Waals surface area contributed by atoms with E-state index in [0.717, 1.165) is 17.0 Å². The van der Waals surface area contributed by atoms with Gasteiger partial charge >= 0.3 is 0 Å². The number of aromatic hydroxyl groups is 1. The summed E-state index contributed by atoms with van der Waals surface area (Å²) in [6.07, 6.45) is 3.89. The molecular formula is C17H14N4O3. The molecule has 3 aromatic rings. The van der Waals surface area contributed by atoms with Crippen LogP contribution < -0.4 is 5.32 Å². The van der Waals surface area contributed by atoms with Gasteiger partial charge in [-0.05, 0) is 36.4 Å². The molecule has 0 fully saturated rings. The summed E-state index contributed by atoms with van der Waals surface area (Å²) in [5.74, 6) is -0.471. The van der Waals surface area contributed by atoms with Crippen molar-refractivity contribution in [2.24, 2.45) is 0 Å². The fourth-order valence-corrected chi connectivity index (χ4v) is 2.25. The molecule has 0 spiro atoms. The van der Waals surface area contributed by atoms with Crippen LogP contribution in [0.15, 0.2) is 48.8 Å². The molecule has 0 atom stereocenters. The molecule has 120 valence electrons. The van der Waals surface area contributed by atoms with E-state index < -0.39 is 5.91 Å². The number of nitrogens with zero attached hydrogens (tertiary/aromatic N) is 2. The first-order valence-electron chi connectivity index (χ1n) is 7.18. The second kappa shape index (κ2) is 6.74. The number of carbonyl (C=O) groups is 2. The normalized spacial score (nSPS) is 10.3. The van der Waals surface area contributed by atoms with E-state index in [0.29, 0.717) is 6.29 Å². The Hall–Kier alpha value is -3.48. The number of phenols is 1. The molecule has 0 saturated heterocycles. The SMILES string of the molecule is O=Cc1cc(O)ccc1C(=O)NCc1cc(-c2ccncc2)n[nH]1. The predicted octanol–water partition coefficient (Wildman–Crippen LogP) is 1.92. The minimum absolute atomic E-state index is 0.0655. The van der Waals surface area contributed by atoms with Crippen molar-refractivity contribution in [3.8, 4) is 17.0 Å². The lowest BCUT2D eigenvalue weighted by Crippen LogP contribution is -2.24. The second-order valence-corrected chi connectivity index (χ2v) is 5.09. The number of nitrogens with one attached hydrogen (secondary N) is 2. The van der Waals surface area contributed by atoms with Crippen LogP contribution in [-0.4, -0.2) is 32.5 Å². The number of amides is 1. The lowest BCUT2D eigenvalue weighted by Gasteiger charge is -2.06. The van der Waals surface area contributed by atoms with Crippen LogP contribution in [0.4, 0.5) is 0 Å². The molecule has 0 bridgehead atoms. The quantitative estimate of drug-likeness (QED) is 0.622. The monoisotopic (exact) mass is 322 g/mol. The van der Waals surface area contributed by atoms with Crippen molar-refractivity contribution in [3.63, 3.8) is 0 Å². The first-order valence-corrected chi connectivity index (χ1v) is 7.18. The van der Waals surface area contributed by atoms with E-state index in [2.05, 4.69) is 20.5 Å². The number of hydrogen-bond donors (Lipinski definition) is 3. The average molecular weight is 322 g/mol. The zero-order chi connectivity index (χ0) is 16.9. The summed E-state index contributed by atoms with van der Waals surface area (Å²) in [5, 5.41) is 19.1. The fourth-order valence-electron chi connectivity index (χ4n) is 2.25. The van der Waals surface area contributed by atoms with Gasteiger partial charge in [0.25, 0.3) is 5.91 Å². The number of phenolic OH excluding ortho intramolecular Hbond substituents is 1. The van der Waals surface area contributed by atoms with E-state index in [-0.39, 0.29) is 23.4 Å². The Kier molecular flexibility index (Phi) is 4.33. The molecule has 0 aliphatic heterocycles. The predicted molar refractivity (Wildman–Crippen MR) is 86.5 cm³/mol. The van der Waals surface area contributed by atoms with Crippen LogP contribution in [0.5, 0.6) is 5.75 Å². The summed E-state index contributed by atoms with van der Waals surface area (Å²) in [6, 6.07) is 9.52. The van der Waals surface area contributed by atoms with Crippen LogP contribution in [0, 0.1) is 0 Å². The summed E-state index contributed by atoms with van der Waals surface area (Å²) in [4.78, 5) is 27.1. The van der Waals surface area contributed by atoms with Crippen LogP contribution >= 0.6 is 0 Å². The van der Waals surface area contributed by atoms with E-state index in [9.17, 15) is 14.7 Å². The third-order valence-electron chi connectivity index (χ3n) is 3.45. The molecule has 7 heteroatoms. The Morgan fingerprint density at radius 3 is 2.75 bits per heavy atom. The maximum atomic E-state index is 12.2. The number of benzene rings is 1. The summed E-state index contributed by atoms with van der Waals surface area (Å²) < 4.78 is 0. The Morgan fingerprint density at radius 1 is 1.21 bits per heavy atom. The molecule has 1 aromatic carbocycles. The van der Waals surface area contributed by atoms with Gasteiger partial charge in [-0.3, -0.25) is 19.7 Å². The first kappa shape index (κ1) is 15.4. The standard InChI is InChI=1S/C17H14N4O3/c22-10-12-7-14(23)1-2-15(12)17(24)19-9-13-8-16(21-20-13)11-3-5-18-6-4-11/h1-8,10,23H,9H2,(H,19,24)(H,20,21). The van der Waals surface area contributed by atoms with E-state index in [1.165, 1.54) is 18.2 Å². The summed E-state index contributed by atoms with van der Waals surface area (Å²) in [5.41, 5.74) is 2.73. The van der Waals surface area contributed by atoms with E-state index in [4.69, 9.17) is 0 Å². The van der Waals surface area contributed by atoms with Gasteiger partial charge in [0.2, 0.25) is 0 Å². The number of rotatable bonds is 5. The fraction of sp³-hybridized carbons (Fsp3) is 0.0588. The van der Waals surface area contributed by atoms with Gasteiger partial charge in [-0.25, -0.2) is 0 Å². The molecule has 3 rings (SSSR count). The highest BCUT2D eigenvalue weighted by Gasteiger charge is 2.12. The highest BCUT2D eigenvalue weighted by atomic mass is 16.3. The van der Waals surface area contributed by atoms with Gasteiger partial charge in [0.05, 0.1) is 23.5 Å². The third-order valence-corrected chi connectivity index (χ3v) is 3.45. The van der Waals surface area contributed by atoms with Crippen molar-refractivity contribution in [3.05, 3.63) is 65.6 Å². The van der Waals surface area contributed by atoms with Crippen LogP contribution in [0.25, 0.3) is 11.3 Å². The van der Waals surface area contributed by atoms with Gasteiger partial charge in [-0.15, -0.1) is 0 Å². The van der Waals surface area contributed by atoms with Crippen LogP contribution in [-0.2, 0) is 6.54 Å². The summed E-state index contributed by atoms with van der Waals surface area (Å²) in [6.45, 7) is 0.232. The Morgan fingerprint density at radius 2 is 2.00 bits per heavy atom. The Bertz CT molecular complexity index is 875. The zero-order valence-electron chi connectivity index (χ0n) is 12.6. The van der Waals surface area contributed by atoms with Crippen molar-refractivity contribution in [2.75, 3.05) is 0 Å². The van der Waals surface area contributed by atoms with Gasteiger partial charge < -0.3 is 10.4 Å². The number of H-pyrrole nitrogens is 1. The van der Waals surface area contributed by atoms with E-state index in [1.807, 2.05) is 18.2 Å². The third kappa shape index (κ3) is 3.30. The molecule has 0 aliphatic carbocycles. The lowest BCUT2D eigenvalue weighted by molar-refractivity contribution is 0.0945. The molecule has 2 aromatic heterocycles. The van der Waals surface area contributed by atoms with Gasteiger partial charge in [0.1, 0.15) is 5.75 Å². The van der Waals surface area contributed by atoms with Crippen molar-refractivity contribution in [2.45, 2.75) is 6.54 Å². The smallest absolute Gasteiger partial charge is 0.252 e. The minimum atomic E-state index is -0.405. The second-order valence-electron chi connectivity index (χ2n) is 5.09. The number of hydrogen-bond acceptors (Lipinski definition) is 5. The van der Waals surface area contributed by atoms with Gasteiger partial charge in [-0.2, -0.15) is 5.10 Å². The highest BCUT2D eigenvalue weighted by Crippen LogP contribution is 2.17. The van der Waals surface area contributed by atoms with Gasteiger partial charge in [0.15, 0.2) is 6.29 Å². The number of aromatic amines is 1. The van der Waals surface area contributed by atoms with Crippen molar-refractivity contribution < 1.29 is 14.7 Å². The number of pyridine rings is 1.